The van der Waals surface area contributed by atoms with Crippen LogP contribution in [-0.2, 0) is 6.54 Å². The van der Waals surface area contributed by atoms with Crippen molar-refractivity contribution in [3.8, 4) is 0 Å². The molecule has 0 atom stereocenters. The van der Waals surface area contributed by atoms with Gasteiger partial charge in [0.1, 0.15) is 0 Å². The molecule has 3 heteroatoms. The van der Waals surface area contributed by atoms with Crippen molar-refractivity contribution in [1.29, 1.82) is 0 Å². The van der Waals surface area contributed by atoms with Gasteiger partial charge in [0.25, 0.3) is 0 Å². The summed E-state index contributed by atoms with van der Waals surface area (Å²) in [5.74, 6) is 0. The first-order valence-electron chi connectivity index (χ1n) is 3.67. The third kappa shape index (κ3) is 1.18. The van der Waals surface area contributed by atoms with E-state index in [1.54, 1.807) is 11.3 Å². The summed E-state index contributed by atoms with van der Waals surface area (Å²) < 4.78 is 2.45. The zero-order valence-electron chi connectivity index (χ0n) is 6.38. The average molecular weight is 242 g/mol. The topological polar surface area (TPSA) is 26.0 Å². The lowest BCUT2D eigenvalue weighted by molar-refractivity contribution is 1.09. The Morgan fingerprint density at radius 3 is 3.00 bits per heavy atom. The van der Waals surface area contributed by atoms with Gasteiger partial charge in [-0.15, -0.1) is 11.3 Å². The molecule has 0 saturated carbocycles. The molecule has 0 unspecified atom stereocenters. The molecule has 2 N–H and O–H groups in total. The highest BCUT2D eigenvalue weighted by Gasteiger charge is 2.03. The predicted molar refractivity (Wildman–Crippen MR) is 57.4 cm³/mol. The summed E-state index contributed by atoms with van der Waals surface area (Å²) in [4.78, 5) is 0. The molecule has 0 fully saturated rings. The van der Waals surface area contributed by atoms with Crippen molar-refractivity contribution in [2.75, 3.05) is 0 Å². The van der Waals surface area contributed by atoms with Gasteiger partial charge in [0.05, 0.1) is 0 Å². The number of halogens is 1. The predicted octanol–water partition coefficient (Wildman–Crippen LogP) is 3.12. The molecule has 0 amide bonds. The molecule has 62 valence electrons. The average Bonchev–Trinajstić information content (AvgIpc) is 2.49. The Labute approximate surface area is 83.3 Å². The van der Waals surface area contributed by atoms with E-state index in [2.05, 4.69) is 33.4 Å². The number of fused-ring (bicyclic) bond motifs is 1. The molecule has 1 heterocycles. The summed E-state index contributed by atoms with van der Waals surface area (Å²) in [5.41, 5.74) is 6.83. The second kappa shape index (κ2) is 3.17. The van der Waals surface area contributed by atoms with Gasteiger partial charge in [-0.1, -0.05) is 12.1 Å². The summed E-state index contributed by atoms with van der Waals surface area (Å²) in [6.07, 6.45) is 0. The number of benzene rings is 1. The van der Waals surface area contributed by atoms with Gasteiger partial charge in [0, 0.05) is 15.7 Å². The maximum absolute atomic E-state index is 5.60. The third-order valence-corrected chi connectivity index (χ3v) is 3.85. The van der Waals surface area contributed by atoms with Crippen LogP contribution in [0, 0.1) is 0 Å². The maximum atomic E-state index is 5.60. The standard InChI is InChI=1S/C9H8BrNS/c10-8-3-1-2-7-6(4-11)5-12-9(7)8/h1-3,5H,4,11H2. The lowest BCUT2D eigenvalue weighted by Crippen LogP contribution is -1.93. The minimum atomic E-state index is 0.621. The number of rotatable bonds is 1. The van der Waals surface area contributed by atoms with E-state index in [0.29, 0.717) is 6.54 Å². The highest BCUT2D eigenvalue weighted by Crippen LogP contribution is 2.31. The Morgan fingerprint density at radius 2 is 2.25 bits per heavy atom. The van der Waals surface area contributed by atoms with Crippen LogP contribution in [0.5, 0.6) is 0 Å². The molecule has 0 aliphatic rings. The van der Waals surface area contributed by atoms with Gasteiger partial charge in [-0.05, 0) is 38.3 Å². The van der Waals surface area contributed by atoms with Crippen molar-refractivity contribution in [1.82, 2.24) is 0 Å². The van der Waals surface area contributed by atoms with Crippen molar-refractivity contribution in [3.63, 3.8) is 0 Å². The van der Waals surface area contributed by atoms with Gasteiger partial charge in [0.15, 0.2) is 0 Å². The van der Waals surface area contributed by atoms with E-state index < -0.39 is 0 Å². The molecule has 1 nitrogen and oxygen atoms in total. The van der Waals surface area contributed by atoms with E-state index in [1.807, 2.05) is 6.07 Å². The molecule has 1 aromatic heterocycles. The van der Waals surface area contributed by atoms with Crippen LogP contribution < -0.4 is 5.73 Å². The minimum Gasteiger partial charge on any atom is -0.326 e. The van der Waals surface area contributed by atoms with E-state index in [1.165, 1.54) is 15.6 Å². The number of hydrogen-bond acceptors (Lipinski definition) is 2. The Bertz CT molecular complexity index is 408. The Kier molecular flexibility index (Phi) is 2.17. The molecular formula is C9H8BrNS. The SMILES string of the molecule is NCc1csc2c(Br)cccc12. The van der Waals surface area contributed by atoms with Crippen molar-refractivity contribution < 1.29 is 0 Å². The minimum absolute atomic E-state index is 0.621. The summed E-state index contributed by atoms with van der Waals surface area (Å²) >= 11 is 5.25. The van der Waals surface area contributed by atoms with Gasteiger partial charge in [-0.2, -0.15) is 0 Å². The fourth-order valence-corrected chi connectivity index (χ4v) is 2.87. The largest absolute Gasteiger partial charge is 0.326 e. The zero-order valence-corrected chi connectivity index (χ0v) is 8.78. The molecule has 12 heavy (non-hydrogen) atoms. The molecule has 0 aliphatic heterocycles. The summed E-state index contributed by atoms with van der Waals surface area (Å²) in [7, 11) is 0. The highest BCUT2D eigenvalue weighted by molar-refractivity contribution is 9.10. The van der Waals surface area contributed by atoms with E-state index >= 15 is 0 Å². The van der Waals surface area contributed by atoms with Gasteiger partial charge < -0.3 is 5.73 Å². The fraction of sp³-hybridized carbons (Fsp3) is 0.111. The smallest absolute Gasteiger partial charge is 0.0488 e. The molecule has 0 bridgehead atoms. The fourth-order valence-electron chi connectivity index (χ4n) is 1.23. The molecule has 2 rings (SSSR count). The monoisotopic (exact) mass is 241 g/mol. The van der Waals surface area contributed by atoms with Crippen LogP contribution in [-0.4, -0.2) is 0 Å². The Morgan fingerprint density at radius 1 is 1.42 bits per heavy atom. The van der Waals surface area contributed by atoms with Gasteiger partial charge in [-0.25, -0.2) is 0 Å². The highest BCUT2D eigenvalue weighted by atomic mass is 79.9. The number of hydrogen-bond donors (Lipinski definition) is 1. The van der Waals surface area contributed by atoms with Crippen LogP contribution in [0.25, 0.3) is 10.1 Å². The zero-order chi connectivity index (χ0) is 8.55. The molecule has 0 saturated heterocycles. The van der Waals surface area contributed by atoms with Crippen LogP contribution in [0.1, 0.15) is 5.56 Å². The van der Waals surface area contributed by atoms with Crippen LogP contribution in [0.15, 0.2) is 28.1 Å². The number of nitrogens with two attached hydrogens (primary N) is 1. The first kappa shape index (κ1) is 8.23. The summed E-state index contributed by atoms with van der Waals surface area (Å²) in [6.45, 7) is 0.621. The quantitative estimate of drug-likeness (QED) is 0.816. The van der Waals surface area contributed by atoms with Crippen molar-refractivity contribution in [3.05, 3.63) is 33.6 Å². The first-order valence-corrected chi connectivity index (χ1v) is 5.35. The molecular weight excluding hydrogens is 234 g/mol. The molecule has 0 radical (unpaired) electrons. The van der Waals surface area contributed by atoms with Crippen molar-refractivity contribution >= 4 is 37.4 Å². The maximum Gasteiger partial charge on any atom is 0.0488 e. The van der Waals surface area contributed by atoms with Crippen molar-refractivity contribution in [2.24, 2.45) is 5.73 Å². The van der Waals surface area contributed by atoms with E-state index in [-0.39, 0.29) is 0 Å². The normalized spacial score (nSPS) is 10.8. The Hall–Kier alpha value is -0.380. The van der Waals surface area contributed by atoms with Crippen LogP contribution in [0.2, 0.25) is 0 Å². The van der Waals surface area contributed by atoms with Crippen molar-refractivity contribution in [2.45, 2.75) is 6.54 Å². The van der Waals surface area contributed by atoms with Gasteiger partial charge >= 0.3 is 0 Å². The summed E-state index contributed by atoms with van der Waals surface area (Å²) in [5, 5.41) is 3.40. The Balaban J connectivity index is 2.80. The molecule has 2 aromatic rings. The number of thiophene rings is 1. The van der Waals surface area contributed by atoms with Crippen LogP contribution in [0.3, 0.4) is 0 Å². The van der Waals surface area contributed by atoms with E-state index in [9.17, 15) is 0 Å². The molecule has 0 spiro atoms. The van der Waals surface area contributed by atoms with Crippen LogP contribution >= 0.6 is 27.3 Å². The summed E-state index contributed by atoms with van der Waals surface area (Å²) in [6, 6.07) is 6.20. The first-order chi connectivity index (χ1) is 5.83. The second-order valence-corrected chi connectivity index (χ2v) is 4.32. The molecule has 0 aliphatic carbocycles. The van der Waals surface area contributed by atoms with E-state index in [4.69, 9.17) is 5.73 Å². The van der Waals surface area contributed by atoms with Gasteiger partial charge in [-0.3, -0.25) is 0 Å². The lowest BCUT2D eigenvalue weighted by Gasteiger charge is -1.94. The van der Waals surface area contributed by atoms with Crippen LogP contribution in [0.4, 0.5) is 0 Å². The van der Waals surface area contributed by atoms with E-state index in [0.717, 1.165) is 4.47 Å². The third-order valence-electron chi connectivity index (χ3n) is 1.85. The van der Waals surface area contributed by atoms with Gasteiger partial charge in [0.2, 0.25) is 0 Å². The lowest BCUT2D eigenvalue weighted by atomic mass is 10.2. The second-order valence-electron chi connectivity index (χ2n) is 2.58. The molecule has 1 aromatic carbocycles.